The zero-order valence-electron chi connectivity index (χ0n) is 12.1. The van der Waals surface area contributed by atoms with Crippen LogP contribution >= 0.6 is 0 Å². The molecule has 7 nitrogen and oxygen atoms in total. The van der Waals surface area contributed by atoms with Crippen LogP contribution in [0.3, 0.4) is 0 Å². The summed E-state index contributed by atoms with van der Waals surface area (Å²) in [6.45, 7) is 1.68. The van der Waals surface area contributed by atoms with Crippen molar-refractivity contribution in [3.8, 4) is 0 Å². The number of piperazine rings is 1. The Morgan fingerprint density at radius 2 is 1.96 bits per heavy atom. The second-order valence-corrected chi connectivity index (χ2v) is 5.15. The molecule has 1 aromatic heterocycles. The third-order valence-corrected chi connectivity index (χ3v) is 3.77. The first-order valence-corrected chi connectivity index (χ1v) is 7.08. The van der Waals surface area contributed by atoms with Gasteiger partial charge in [-0.05, 0) is 24.3 Å². The van der Waals surface area contributed by atoms with Gasteiger partial charge in [-0.25, -0.2) is 4.39 Å². The molecule has 0 spiro atoms. The first kappa shape index (κ1) is 15.0. The second-order valence-electron chi connectivity index (χ2n) is 5.15. The van der Waals surface area contributed by atoms with Crippen LogP contribution in [-0.2, 0) is 0 Å². The third-order valence-electron chi connectivity index (χ3n) is 3.77. The highest BCUT2D eigenvalue weighted by Gasteiger charge is 2.27. The topological polar surface area (TPSA) is 79.8 Å². The van der Waals surface area contributed by atoms with Crippen molar-refractivity contribution in [2.75, 3.05) is 31.1 Å². The van der Waals surface area contributed by atoms with Crippen molar-refractivity contribution < 1.29 is 18.5 Å². The Hall–Kier alpha value is -2.90. The molecule has 0 N–H and O–H groups in total. The van der Waals surface area contributed by atoms with Gasteiger partial charge in [0.2, 0.25) is 0 Å². The average Bonchev–Trinajstić information content (AvgIpc) is 3.09. The number of hydrogen-bond donors (Lipinski definition) is 0. The molecule has 0 bridgehead atoms. The number of furan rings is 1. The SMILES string of the molecule is O=C(c1ccco1)N1CCN(c2ccc(F)cc2[N+](=O)[O-])CC1. The molecule has 1 aliphatic rings. The van der Waals surface area contributed by atoms with Gasteiger partial charge in [-0.3, -0.25) is 14.9 Å². The molecule has 0 aliphatic carbocycles. The molecule has 0 saturated carbocycles. The average molecular weight is 319 g/mol. The van der Waals surface area contributed by atoms with Crippen LogP contribution in [0.5, 0.6) is 0 Å². The zero-order valence-corrected chi connectivity index (χ0v) is 12.1. The van der Waals surface area contributed by atoms with Crippen LogP contribution in [0, 0.1) is 15.9 Å². The highest BCUT2D eigenvalue weighted by Crippen LogP contribution is 2.29. The molecule has 2 heterocycles. The predicted octanol–water partition coefficient (Wildman–Crippen LogP) is 2.29. The summed E-state index contributed by atoms with van der Waals surface area (Å²) >= 11 is 0. The van der Waals surface area contributed by atoms with E-state index in [2.05, 4.69) is 0 Å². The maximum absolute atomic E-state index is 13.2. The van der Waals surface area contributed by atoms with E-state index < -0.39 is 10.7 Å². The number of anilines is 1. The Labute approximate surface area is 131 Å². The van der Waals surface area contributed by atoms with E-state index in [1.807, 2.05) is 0 Å². The molecule has 0 unspecified atom stereocenters. The Bertz CT molecular complexity index is 724. The maximum Gasteiger partial charge on any atom is 0.295 e. The van der Waals surface area contributed by atoms with Gasteiger partial charge in [0, 0.05) is 26.2 Å². The molecule has 0 atom stereocenters. The van der Waals surface area contributed by atoms with E-state index in [1.54, 1.807) is 21.9 Å². The van der Waals surface area contributed by atoms with Crippen LogP contribution in [0.1, 0.15) is 10.6 Å². The fraction of sp³-hybridized carbons (Fsp3) is 0.267. The standard InChI is InChI=1S/C15H14FN3O4/c16-11-3-4-12(13(10-11)19(21)22)17-5-7-18(8-6-17)15(20)14-2-1-9-23-14/h1-4,9-10H,5-8H2. The second kappa shape index (κ2) is 6.07. The first-order valence-electron chi connectivity index (χ1n) is 7.08. The summed E-state index contributed by atoms with van der Waals surface area (Å²) in [5, 5.41) is 11.1. The summed E-state index contributed by atoms with van der Waals surface area (Å²) in [6.07, 6.45) is 1.44. The lowest BCUT2D eigenvalue weighted by Crippen LogP contribution is -2.48. The lowest BCUT2D eigenvalue weighted by atomic mass is 10.2. The number of benzene rings is 1. The summed E-state index contributed by atoms with van der Waals surface area (Å²) in [5.41, 5.74) is 0.0947. The van der Waals surface area contributed by atoms with E-state index >= 15 is 0 Å². The molecular formula is C15H14FN3O4. The Morgan fingerprint density at radius 1 is 1.22 bits per heavy atom. The van der Waals surface area contributed by atoms with Gasteiger partial charge in [0.1, 0.15) is 11.5 Å². The molecule has 1 fully saturated rings. The van der Waals surface area contributed by atoms with E-state index in [-0.39, 0.29) is 17.4 Å². The van der Waals surface area contributed by atoms with Crippen LogP contribution in [0.25, 0.3) is 0 Å². The molecule has 1 aromatic carbocycles. The fourth-order valence-corrected chi connectivity index (χ4v) is 2.62. The summed E-state index contributed by atoms with van der Waals surface area (Å²) in [4.78, 5) is 26.1. The number of halogens is 1. The predicted molar refractivity (Wildman–Crippen MR) is 79.9 cm³/mol. The van der Waals surface area contributed by atoms with Gasteiger partial charge < -0.3 is 14.2 Å². The highest BCUT2D eigenvalue weighted by atomic mass is 19.1. The van der Waals surface area contributed by atoms with Crippen LogP contribution in [0.15, 0.2) is 41.0 Å². The van der Waals surface area contributed by atoms with Crippen molar-refractivity contribution in [2.24, 2.45) is 0 Å². The van der Waals surface area contributed by atoms with Gasteiger partial charge in [-0.15, -0.1) is 0 Å². The van der Waals surface area contributed by atoms with Gasteiger partial charge >= 0.3 is 0 Å². The molecular weight excluding hydrogens is 305 g/mol. The van der Waals surface area contributed by atoms with Gasteiger partial charge in [0.05, 0.1) is 17.3 Å². The Morgan fingerprint density at radius 3 is 2.57 bits per heavy atom. The quantitative estimate of drug-likeness (QED) is 0.640. The normalized spacial score (nSPS) is 14.8. The van der Waals surface area contributed by atoms with E-state index in [0.29, 0.717) is 31.9 Å². The van der Waals surface area contributed by atoms with Crippen LogP contribution < -0.4 is 4.90 Å². The van der Waals surface area contributed by atoms with E-state index in [9.17, 15) is 19.3 Å². The monoisotopic (exact) mass is 319 g/mol. The summed E-state index contributed by atoms with van der Waals surface area (Å²) in [5.74, 6) is -0.582. The molecule has 0 radical (unpaired) electrons. The van der Waals surface area contributed by atoms with Gasteiger partial charge in [0.25, 0.3) is 11.6 Å². The summed E-state index contributed by atoms with van der Waals surface area (Å²) < 4.78 is 18.3. The molecule has 1 aliphatic heterocycles. The highest BCUT2D eigenvalue weighted by molar-refractivity contribution is 5.91. The maximum atomic E-state index is 13.2. The van der Waals surface area contributed by atoms with Crippen molar-refractivity contribution in [3.05, 3.63) is 58.3 Å². The minimum atomic E-state index is -0.646. The number of carbonyl (C=O) groups excluding carboxylic acids is 1. The molecule has 23 heavy (non-hydrogen) atoms. The number of nitro benzene ring substituents is 1. The summed E-state index contributed by atoms with van der Waals surface area (Å²) in [7, 11) is 0. The van der Waals surface area contributed by atoms with Crippen molar-refractivity contribution in [2.45, 2.75) is 0 Å². The number of nitrogens with zero attached hydrogens (tertiary/aromatic N) is 3. The lowest BCUT2D eigenvalue weighted by molar-refractivity contribution is -0.384. The largest absolute Gasteiger partial charge is 0.459 e. The molecule has 3 rings (SSSR count). The Kier molecular flexibility index (Phi) is 3.96. The van der Waals surface area contributed by atoms with Crippen molar-refractivity contribution in [1.29, 1.82) is 0 Å². The van der Waals surface area contributed by atoms with Crippen molar-refractivity contribution in [3.63, 3.8) is 0 Å². The number of hydrogen-bond acceptors (Lipinski definition) is 5. The molecule has 2 aromatic rings. The lowest BCUT2D eigenvalue weighted by Gasteiger charge is -2.35. The number of amides is 1. The minimum absolute atomic E-state index is 0.205. The van der Waals surface area contributed by atoms with Gasteiger partial charge in [-0.2, -0.15) is 0 Å². The zero-order chi connectivity index (χ0) is 16.4. The smallest absolute Gasteiger partial charge is 0.295 e. The summed E-state index contributed by atoms with van der Waals surface area (Å²) in [6, 6.07) is 6.75. The number of nitro groups is 1. The molecule has 8 heteroatoms. The minimum Gasteiger partial charge on any atom is -0.459 e. The molecule has 1 saturated heterocycles. The Balaban J connectivity index is 1.72. The number of rotatable bonds is 3. The van der Waals surface area contributed by atoms with Crippen LogP contribution in [0.4, 0.5) is 15.8 Å². The first-order chi connectivity index (χ1) is 11.1. The molecule has 1 amide bonds. The fourth-order valence-electron chi connectivity index (χ4n) is 2.62. The van der Waals surface area contributed by atoms with Crippen molar-refractivity contribution >= 4 is 17.3 Å². The van der Waals surface area contributed by atoms with Gasteiger partial charge in [-0.1, -0.05) is 0 Å². The third kappa shape index (κ3) is 3.01. The van der Waals surface area contributed by atoms with Crippen molar-refractivity contribution in [1.82, 2.24) is 4.90 Å². The molecule has 120 valence electrons. The van der Waals surface area contributed by atoms with E-state index in [0.717, 1.165) is 6.07 Å². The van der Waals surface area contributed by atoms with E-state index in [4.69, 9.17) is 4.42 Å². The van der Waals surface area contributed by atoms with Crippen LogP contribution in [0.2, 0.25) is 0 Å². The van der Waals surface area contributed by atoms with Gasteiger partial charge in [0.15, 0.2) is 5.76 Å². The van der Waals surface area contributed by atoms with E-state index in [1.165, 1.54) is 18.4 Å². The number of carbonyl (C=O) groups is 1. The van der Waals surface area contributed by atoms with Crippen LogP contribution in [-0.4, -0.2) is 41.9 Å².